The van der Waals surface area contributed by atoms with Gasteiger partial charge in [-0.15, -0.1) is 0 Å². The molecule has 0 saturated carbocycles. The van der Waals surface area contributed by atoms with Crippen LogP contribution >= 0.6 is 0 Å². The maximum Gasteiger partial charge on any atom is 0.0945 e. The molecule has 1 aromatic carbocycles. The van der Waals surface area contributed by atoms with Crippen LogP contribution in [0.2, 0.25) is 0 Å². The Morgan fingerprint density at radius 3 is 2.52 bits per heavy atom. The predicted molar refractivity (Wildman–Crippen MR) is 95.6 cm³/mol. The molecule has 3 nitrogen and oxygen atoms in total. The fraction of sp³-hybridized carbons (Fsp3) is 0.550. The number of aryl methyl sites for hydroxylation is 3. The first-order chi connectivity index (χ1) is 11.3. The number of nitrogens with zero attached hydrogens (tertiary/aromatic N) is 3. The van der Waals surface area contributed by atoms with Gasteiger partial charge in [0.25, 0.3) is 0 Å². The molecule has 0 N–H and O–H groups in total. The molecule has 1 saturated heterocycles. The van der Waals surface area contributed by atoms with Crippen LogP contribution in [0.25, 0.3) is 0 Å². The van der Waals surface area contributed by atoms with E-state index in [9.17, 15) is 0 Å². The average Bonchev–Trinajstić information content (AvgIpc) is 3.11. The molecule has 1 aromatic heterocycles. The molecule has 1 aliphatic heterocycles. The Bertz CT molecular complexity index is 553. The van der Waals surface area contributed by atoms with E-state index in [0.29, 0.717) is 6.04 Å². The van der Waals surface area contributed by atoms with E-state index >= 15 is 0 Å². The number of piperidine rings is 1. The molecule has 3 rings (SSSR count). The van der Waals surface area contributed by atoms with Crippen molar-refractivity contribution in [3.8, 4) is 0 Å². The molecule has 23 heavy (non-hydrogen) atoms. The minimum absolute atomic E-state index is 0.694. The van der Waals surface area contributed by atoms with Crippen molar-refractivity contribution in [2.24, 2.45) is 0 Å². The van der Waals surface area contributed by atoms with Gasteiger partial charge in [0.05, 0.1) is 6.33 Å². The van der Waals surface area contributed by atoms with Crippen molar-refractivity contribution in [3.63, 3.8) is 0 Å². The van der Waals surface area contributed by atoms with Crippen molar-refractivity contribution in [2.75, 3.05) is 13.1 Å². The molecule has 124 valence electrons. The molecule has 1 unspecified atom stereocenters. The highest BCUT2D eigenvalue weighted by atomic mass is 15.2. The lowest BCUT2D eigenvalue weighted by atomic mass is 9.98. The zero-order valence-electron chi connectivity index (χ0n) is 14.3. The van der Waals surface area contributed by atoms with Gasteiger partial charge in [-0.25, -0.2) is 4.98 Å². The largest absolute Gasteiger partial charge is 0.337 e. The minimum atomic E-state index is 0.694. The molecule has 0 radical (unpaired) electrons. The van der Waals surface area contributed by atoms with E-state index in [1.54, 1.807) is 0 Å². The number of benzene rings is 1. The standard InChI is InChI=1S/C20H29N3/c1-18-5-7-19(8-6-18)9-10-20(23-13-3-2-4-14-23)11-15-22-16-12-21-17-22/h5-8,12,16-17,20H,2-4,9-11,13-15H2,1H3. The van der Waals surface area contributed by atoms with Crippen LogP contribution in [-0.2, 0) is 13.0 Å². The van der Waals surface area contributed by atoms with Gasteiger partial charge in [0.15, 0.2) is 0 Å². The third-order valence-electron chi connectivity index (χ3n) is 5.07. The van der Waals surface area contributed by atoms with Crippen LogP contribution in [-0.4, -0.2) is 33.6 Å². The number of imidazole rings is 1. The second kappa shape index (κ2) is 8.30. The summed E-state index contributed by atoms with van der Waals surface area (Å²) in [5.41, 5.74) is 2.82. The normalized spacial score (nSPS) is 17.3. The summed E-state index contributed by atoms with van der Waals surface area (Å²) < 4.78 is 2.21. The van der Waals surface area contributed by atoms with Crippen LogP contribution in [0.5, 0.6) is 0 Å². The van der Waals surface area contributed by atoms with Gasteiger partial charge in [0.2, 0.25) is 0 Å². The van der Waals surface area contributed by atoms with E-state index in [2.05, 4.69) is 51.8 Å². The summed E-state index contributed by atoms with van der Waals surface area (Å²) in [7, 11) is 0. The zero-order chi connectivity index (χ0) is 15.9. The topological polar surface area (TPSA) is 21.1 Å². The number of hydrogen-bond acceptors (Lipinski definition) is 2. The highest BCUT2D eigenvalue weighted by Crippen LogP contribution is 2.19. The molecular formula is C20H29N3. The summed E-state index contributed by atoms with van der Waals surface area (Å²) in [6.07, 6.45) is 13.7. The van der Waals surface area contributed by atoms with Crippen molar-refractivity contribution in [1.82, 2.24) is 14.5 Å². The second-order valence-corrected chi connectivity index (χ2v) is 6.86. The summed E-state index contributed by atoms with van der Waals surface area (Å²) in [5.74, 6) is 0. The molecule has 2 aromatic rings. The Hall–Kier alpha value is -1.61. The zero-order valence-corrected chi connectivity index (χ0v) is 14.3. The van der Waals surface area contributed by atoms with E-state index in [-0.39, 0.29) is 0 Å². The number of rotatable bonds is 7. The Morgan fingerprint density at radius 2 is 1.83 bits per heavy atom. The number of hydrogen-bond donors (Lipinski definition) is 0. The third-order valence-corrected chi connectivity index (χ3v) is 5.07. The van der Waals surface area contributed by atoms with E-state index in [4.69, 9.17) is 0 Å². The summed E-state index contributed by atoms with van der Waals surface area (Å²) in [6.45, 7) is 5.80. The molecule has 3 heteroatoms. The Morgan fingerprint density at radius 1 is 1.04 bits per heavy atom. The fourth-order valence-electron chi connectivity index (χ4n) is 3.60. The van der Waals surface area contributed by atoms with Crippen molar-refractivity contribution < 1.29 is 0 Å². The van der Waals surface area contributed by atoms with Crippen molar-refractivity contribution in [2.45, 2.75) is 58.0 Å². The van der Waals surface area contributed by atoms with Crippen LogP contribution in [0.3, 0.4) is 0 Å². The van der Waals surface area contributed by atoms with E-state index in [0.717, 1.165) is 6.54 Å². The first-order valence-corrected chi connectivity index (χ1v) is 9.06. The molecule has 1 fully saturated rings. The molecule has 0 aliphatic carbocycles. The molecule has 0 amide bonds. The molecule has 2 heterocycles. The lowest BCUT2D eigenvalue weighted by Gasteiger charge is -2.35. The summed E-state index contributed by atoms with van der Waals surface area (Å²) in [4.78, 5) is 6.89. The first-order valence-electron chi connectivity index (χ1n) is 9.06. The van der Waals surface area contributed by atoms with E-state index in [1.165, 1.54) is 62.7 Å². The lowest BCUT2D eigenvalue weighted by molar-refractivity contribution is 0.144. The maximum absolute atomic E-state index is 4.16. The number of aromatic nitrogens is 2. The minimum Gasteiger partial charge on any atom is -0.337 e. The maximum atomic E-state index is 4.16. The second-order valence-electron chi connectivity index (χ2n) is 6.86. The van der Waals surface area contributed by atoms with Crippen LogP contribution in [0, 0.1) is 6.92 Å². The van der Waals surface area contributed by atoms with E-state index in [1.807, 2.05) is 12.5 Å². The molecule has 1 atom stereocenters. The lowest BCUT2D eigenvalue weighted by Crippen LogP contribution is -2.40. The van der Waals surface area contributed by atoms with Gasteiger partial charge >= 0.3 is 0 Å². The van der Waals surface area contributed by atoms with Gasteiger partial charge in [0, 0.05) is 25.0 Å². The summed E-state index contributed by atoms with van der Waals surface area (Å²) in [5, 5.41) is 0. The van der Waals surface area contributed by atoms with Crippen molar-refractivity contribution >= 4 is 0 Å². The SMILES string of the molecule is Cc1ccc(CCC(CCn2ccnc2)N2CCCCC2)cc1. The van der Waals surface area contributed by atoms with Crippen molar-refractivity contribution in [1.29, 1.82) is 0 Å². The highest BCUT2D eigenvalue weighted by Gasteiger charge is 2.20. The molecule has 0 spiro atoms. The van der Waals surface area contributed by atoms with Gasteiger partial charge in [-0.2, -0.15) is 0 Å². The monoisotopic (exact) mass is 311 g/mol. The Labute approximate surface area is 140 Å². The van der Waals surface area contributed by atoms with E-state index < -0.39 is 0 Å². The van der Waals surface area contributed by atoms with Crippen LogP contribution < -0.4 is 0 Å². The predicted octanol–water partition coefficient (Wildman–Crippen LogP) is 4.07. The smallest absolute Gasteiger partial charge is 0.0945 e. The highest BCUT2D eigenvalue weighted by molar-refractivity contribution is 5.21. The average molecular weight is 311 g/mol. The fourth-order valence-corrected chi connectivity index (χ4v) is 3.60. The molecule has 0 bridgehead atoms. The van der Waals surface area contributed by atoms with Crippen LogP contribution in [0.15, 0.2) is 43.0 Å². The van der Waals surface area contributed by atoms with Gasteiger partial charge < -0.3 is 9.47 Å². The van der Waals surface area contributed by atoms with Crippen LogP contribution in [0.4, 0.5) is 0 Å². The van der Waals surface area contributed by atoms with Gasteiger partial charge in [-0.1, -0.05) is 36.2 Å². The van der Waals surface area contributed by atoms with Gasteiger partial charge in [-0.3, -0.25) is 0 Å². The quantitative estimate of drug-likeness (QED) is 0.768. The first kappa shape index (κ1) is 16.3. The third kappa shape index (κ3) is 4.93. The summed E-state index contributed by atoms with van der Waals surface area (Å²) >= 11 is 0. The Balaban J connectivity index is 1.58. The molecule has 1 aliphatic rings. The summed E-state index contributed by atoms with van der Waals surface area (Å²) in [6, 6.07) is 9.74. The molecular weight excluding hydrogens is 282 g/mol. The number of likely N-dealkylation sites (tertiary alicyclic amines) is 1. The Kier molecular flexibility index (Phi) is 5.87. The van der Waals surface area contributed by atoms with Crippen LogP contribution in [0.1, 0.15) is 43.2 Å². The van der Waals surface area contributed by atoms with Gasteiger partial charge in [0.1, 0.15) is 0 Å². The van der Waals surface area contributed by atoms with Gasteiger partial charge in [-0.05, 0) is 57.7 Å². The van der Waals surface area contributed by atoms with Crippen molar-refractivity contribution in [3.05, 3.63) is 54.1 Å².